The summed E-state index contributed by atoms with van der Waals surface area (Å²) in [5, 5.41) is 13.2. The maximum atomic E-state index is 11.9. The SMILES string of the molecule is C[C@@H](Sc1ccccc1)C(=O)N/N=C\c1ccccc1O. The first-order chi connectivity index (χ1) is 10.2. The first kappa shape index (κ1) is 15.1. The molecule has 1 amide bonds. The first-order valence-electron chi connectivity index (χ1n) is 6.49. The van der Waals surface area contributed by atoms with E-state index in [1.165, 1.54) is 18.0 Å². The van der Waals surface area contributed by atoms with Gasteiger partial charge in [-0.25, -0.2) is 5.43 Å². The van der Waals surface area contributed by atoms with Crippen molar-refractivity contribution >= 4 is 23.9 Å². The van der Waals surface area contributed by atoms with Crippen molar-refractivity contribution in [1.82, 2.24) is 5.43 Å². The fourth-order valence-electron chi connectivity index (χ4n) is 1.61. The highest BCUT2D eigenvalue weighted by atomic mass is 32.2. The maximum absolute atomic E-state index is 11.9. The van der Waals surface area contributed by atoms with E-state index < -0.39 is 0 Å². The molecule has 2 aromatic rings. The minimum absolute atomic E-state index is 0.127. The van der Waals surface area contributed by atoms with E-state index in [0.29, 0.717) is 5.56 Å². The number of hydrogen-bond acceptors (Lipinski definition) is 4. The van der Waals surface area contributed by atoms with Crippen molar-refractivity contribution in [2.45, 2.75) is 17.1 Å². The van der Waals surface area contributed by atoms with E-state index in [-0.39, 0.29) is 16.9 Å². The van der Waals surface area contributed by atoms with E-state index in [4.69, 9.17) is 0 Å². The Morgan fingerprint density at radius 1 is 1.19 bits per heavy atom. The molecule has 0 fully saturated rings. The van der Waals surface area contributed by atoms with E-state index >= 15 is 0 Å². The predicted molar refractivity (Wildman–Crippen MR) is 85.6 cm³/mol. The Balaban J connectivity index is 1.88. The van der Waals surface area contributed by atoms with Crippen LogP contribution in [0.15, 0.2) is 64.6 Å². The van der Waals surface area contributed by atoms with Crippen LogP contribution in [0.25, 0.3) is 0 Å². The van der Waals surface area contributed by atoms with Gasteiger partial charge in [0.25, 0.3) is 5.91 Å². The lowest BCUT2D eigenvalue weighted by Crippen LogP contribution is -2.26. The molecular weight excluding hydrogens is 284 g/mol. The van der Waals surface area contributed by atoms with Gasteiger partial charge in [0.1, 0.15) is 5.75 Å². The van der Waals surface area contributed by atoms with Crippen molar-refractivity contribution in [3.05, 3.63) is 60.2 Å². The molecule has 2 aromatic carbocycles. The van der Waals surface area contributed by atoms with Gasteiger partial charge in [-0.2, -0.15) is 5.10 Å². The third kappa shape index (κ3) is 4.65. The monoisotopic (exact) mass is 300 g/mol. The number of phenols is 1. The lowest BCUT2D eigenvalue weighted by molar-refractivity contribution is -0.120. The molecule has 21 heavy (non-hydrogen) atoms. The molecule has 108 valence electrons. The summed E-state index contributed by atoms with van der Waals surface area (Å²) in [7, 11) is 0. The van der Waals surface area contributed by atoms with Gasteiger partial charge < -0.3 is 5.11 Å². The van der Waals surface area contributed by atoms with Crippen molar-refractivity contribution in [2.75, 3.05) is 0 Å². The number of nitrogens with zero attached hydrogens (tertiary/aromatic N) is 1. The lowest BCUT2D eigenvalue weighted by atomic mass is 10.2. The molecular formula is C16H16N2O2S. The lowest BCUT2D eigenvalue weighted by Gasteiger charge is -2.09. The molecule has 2 rings (SSSR count). The summed E-state index contributed by atoms with van der Waals surface area (Å²) in [4.78, 5) is 12.9. The number of benzene rings is 2. The van der Waals surface area contributed by atoms with Crippen LogP contribution in [-0.2, 0) is 4.79 Å². The number of nitrogens with one attached hydrogen (secondary N) is 1. The topological polar surface area (TPSA) is 61.7 Å². The summed E-state index contributed by atoms with van der Waals surface area (Å²) in [5.41, 5.74) is 3.03. The average molecular weight is 300 g/mol. The van der Waals surface area contributed by atoms with E-state index in [2.05, 4.69) is 10.5 Å². The molecule has 0 aromatic heterocycles. The number of carbonyl (C=O) groups excluding carboxylic acids is 1. The van der Waals surface area contributed by atoms with Crippen LogP contribution >= 0.6 is 11.8 Å². The van der Waals surface area contributed by atoms with Crippen LogP contribution in [0.5, 0.6) is 5.75 Å². The summed E-state index contributed by atoms with van der Waals surface area (Å²) >= 11 is 1.47. The number of hydrazone groups is 1. The number of aromatic hydroxyl groups is 1. The molecule has 2 N–H and O–H groups in total. The smallest absolute Gasteiger partial charge is 0.253 e. The minimum atomic E-state index is -0.256. The summed E-state index contributed by atoms with van der Waals surface area (Å²) in [5.74, 6) is -0.0577. The predicted octanol–water partition coefficient (Wildman–Crippen LogP) is 3.02. The highest BCUT2D eigenvalue weighted by Gasteiger charge is 2.13. The van der Waals surface area contributed by atoms with Crippen LogP contribution in [0.4, 0.5) is 0 Å². The summed E-state index contributed by atoms with van der Waals surface area (Å²) in [6.45, 7) is 1.82. The third-order valence-electron chi connectivity index (χ3n) is 2.74. The summed E-state index contributed by atoms with van der Waals surface area (Å²) in [6, 6.07) is 16.5. The molecule has 0 saturated carbocycles. The second-order valence-corrected chi connectivity index (χ2v) is 5.78. The van der Waals surface area contributed by atoms with Gasteiger partial charge in [-0.05, 0) is 31.2 Å². The van der Waals surface area contributed by atoms with Gasteiger partial charge in [0.15, 0.2) is 0 Å². The minimum Gasteiger partial charge on any atom is -0.507 e. The molecule has 0 radical (unpaired) electrons. The van der Waals surface area contributed by atoms with Crippen molar-refractivity contribution in [3.8, 4) is 5.75 Å². The Morgan fingerprint density at radius 2 is 1.86 bits per heavy atom. The molecule has 5 heteroatoms. The van der Waals surface area contributed by atoms with Crippen LogP contribution < -0.4 is 5.43 Å². The van der Waals surface area contributed by atoms with Gasteiger partial charge >= 0.3 is 0 Å². The Hall–Kier alpha value is -2.27. The maximum Gasteiger partial charge on any atom is 0.253 e. The van der Waals surface area contributed by atoms with Crippen LogP contribution in [0.1, 0.15) is 12.5 Å². The molecule has 0 unspecified atom stereocenters. The van der Waals surface area contributed by atoms with Crippen molar-refractivity contribution in [3.63, 3.8) is 0 Å². The quantitative estimate of drug-likeness (QED) is 0.507. The van der Waals surface area contributed by atoms with E-state index in [9.17, 15) is 9.90 Å². The van der Waals surface area contributed by atoms with Gasteiger partial charge in [-0.3, -0.25) is 4.79 Å². The van der Waals surface area contributed by atoms with Gasteiger partial charge in [-0.1, -0.05) is 30.3 Å². The van der Waals surface area contributed by atoms with E-state index in [0.717, 1.165) is 4.90 Å². The van der Waals surface area contributed by atoms with Crippen molar-refractivity contribution in [1.29, 1.82) is 0 Å². The fourth-order valence-corrected chi connectivity index (χ4v) is 2.49. The normalized spacial score (nSPS) is 12.2. The molecule has 0 aliphatic rings. The molecule has 0 bridgehead atoms. The number of phenolic OH excluding ortho intramolecular Hbond substituents is 1. The zero-order valence-electron chi connectivity index (χ0n) is 11.6. The number of hydrogen-bond donors (Lipinski definition) is 2. The van der Waals surface area contributed by atoms with Gasteiger partial charge in [0, 0.05) is 10.5 Å². The van der Waals surface area contributed by atoms with Crippen LogP contribution in [-0.4, -0.2) is 22.5 Å². The Bertz CT molecular complexity index is 629. The van der Waals surface area contributed by atoms with E-state index in [1.54, 1.807) is 24.3 Å². The summed E-state index contributed by atoms with van der Waals surface area (Å²) < 4.78 is 0. The zero-order chi connectivity index (χ0) is 15.1. The Labute approximate surface area is 127 Å². The Morgan fingerprint density at radius 3 is 2.57 bits per heavy atom. The number of carbonyl (C=O) groups is 1. The zero-order valence-corrected chi connectivity index (χ0v) is 12.4. The fraction of sp³-hybridized carbons (Fsp3) is 0.125. The molecule has 0 aliphatic heterocycles. The van der Waals surface area contributed by atoms with Crippen LogP contribution in [0.2, 0.25) is 0 Å². The standard InChI is InChI=1S/C16H16N2O2S/c1-12(21-14-8-3-2-4-9-14)16(20)18-17-11-13-7-5-6-10-15(13)19/h2-12,19H,1H3,(H,18,20)/b17-11-/t12-/m1/s1. The van der Waals surface area contributed by atoms with Crippen LogP contribution in [0.3, 0.4) is 0 Å². The van der Waals surface area contributed by atoms with Crippen molar-refractivity contribution < 1.29 is 9.90 Å². The Kier molecular flexibility index (Phi) is 5.40. The van der Waals surface area contributed by atoms with Gasteiger partial charge in [0.05, 0.1) is 11.5 Å². The van der Waals surface area contributed by atoms with Gasteiger partial charge in [0.2, 0.25) is 0 Å². The second kappa shape index (κ2) is 7.50. The van der Waals surface area contributed by atoms with Crippen molar-refractivity contribution in [2.24, 2.45) is 5.10 Å². The number of para-hydroxylation sites is 1. The third-order valence-corrected chi connectivity index (χ3v) is 3.85. The van der Waals surface area contributed by atoms with Gasteiger partial charge in [-0.15, -0.1) is 11.8 Å². The first-order valence-corrected chi connectivity index (χ1v) is 7.37. The summed E-state index contributed by atoms with van der Waals surface area (Å²) in [6.07, 6.45) is 1.42. The van der Waals surface area contributed by atoms with Crippen LogP contribution in [0, 0.1) is 0 Å². The molecule has 0 heterocycles. The molecule has 4 nitrogen and oxygen atoms in total. The highest BCUT2D eigenvalue weighted by molar-refractivity contribution is 8.00. The largest absolute Gasteiger partial charge is 0.507 e. The number of thioether (sulfide) groups is 1. The van der Waals surface area contributed by atoms with E-state index in [1.807, 2.05) is 37.3 Å². The second-order valence-electron chi connectivity index (χ2n) is 4.37. The molecule has 0 spiro atoms. The highest BCUT2D eigenvalue weighted by Crippen LogP contribution is 2.22. The molecule has 0 aliphatic carbocycles. The molecule has 1 atom stereocenters. The molecule has 0 saturated heterocycles. The average Bonchev–Trinajstić information content (AvgIpc) is 2.50. The number of rotatable bonds is 5. The number of amides is 1.